The van der Waals surface area contributed by atoms with Crippen molar-refractivity contribution in [2.24, 2.45) is 0 Å². The molecule has 0 saturated heterocycles. The van der Waals surface area contributed by atoms with Gasteiger partial charge in [-0.3, -0.25) is 4.79 Å². The fraction of sp³-hybridized carbons (Fsp3) is 0. The van der Waals surface area contributed by atoms with E-state index in [0.717, 1.165) is 0 Å². The Morgan fingerprint density at radius 3 is 2.63 bits per heavy atom. The maximum atomic E-state index is 12.3. The number of furan rings is 1. The fourth-order valence-corrected chi connectivity index (χ4v) is 2.83. The van der Waals surface area contributed by atoms with Crippen LogP contribution in [0.3, 0.4) is 0 Å². The monoisotopic (exact) mass is 398 g/mol. The zero-order valence-corrected chi connectivity index (χ0v) is 15.3. The molecule has 2 N–H and O–H groups in total. The van der Waals surface area contributed by atoms with Gasteiger partial charge in [0.05, 0.1) is 10.7 Å². The Labute approximate surface area is 165 Å². The van der Waals surface area contributed by atoms with Crippen LogP contribution in [-0.2, 0) is 4.79 Å². The van der Waals surface area contributed by atoms with E-state index in [2.05, 4.69) is 5.32 Å². The van der Waals surface area contributed by atoms with Crippen LogP contribution in [0.1, 0.15) is 5.76 Å². The standard InChI is InChI=1S/C20H12Cl2N2O3/c21-13-5-7-15(16(22)10-13)19-8-6-14(27-19)9-12(11-23)20(26)24-17-3-1-2-4-18(17)25/h1-10,25H,(H,24,26)/b12-9+. The maximum Gasteiger partial charge on any atom is 0.266 e. The number of phenols is 1. The van der Waals surface area contributed by atoms with E-state index in [9.17, 15) is 15.2 Å². The smallest absolute Gasteiger partial charge is 0.266 e. The van der Waals surface area contributed by atoms with Gasteiger partial charge in [0.15, 0.2) is 0 Å². The number of phenolic OH excluding ortho intramolecular Hbond substituents is 1. The second-order valence-electron chi connectivity index (χ2n) is 5.47. The van der Waals surface area contributed by atoms with Gasteiger partial charge >= 0.3 is 0 Å². The van der Waals surface area contributed by atoms with Gasteiger partial charge in [0, 0.05) is 16.7 Å². The first-order valence-corrected chi connectivity index (χ1v) is 8.50. The number of nitriles is 1. The molecule has 134 valence electrons. The zero-order valence-electron chi connectivity index (χ0n) is 13.7. The quantitative estimate of drug-likeness (QED) is 0.344. The van der Waals surface area contributed by atoms with Crippen LogP contribution in [0.15, 0.2) is 64.6 Å². The second kappa shape index (κ2) is 8.00. The summed E-state index contributed by atoms with van der Waals surface area (Å²) in [5, 5.41) is 22.4. The Bertz CT molecular complexity index is 1080. The second-order valence-corrected chi connectivity index (χ2v) is 6.31. The summed E-state index contributed by atoms with van der Waals surface area (Å²) in [4.78, 5) is 12.3. The van der Waals surface area contributed by atoms with E-state index in [1.54, 1.807) is 42.5 Å². The summed E-state index contributed by atoms with van der Waals surface area (Å²) in [6.45, 7) is 0. The van der Waals surface area contributed by atoms with Gasteiger partial charge in [0.2, 0.25) is 0 Å². The van der Waals surface area contributed by atoms with Gasteiger partial charge in [-0.15, -0.1) is 0 Å². The number of hydrogen-bond donors (Lipinski definition) is 2. The van der Waals surface area contributed by atoms with Gasteiger partial charge in [0.25, 0.3) is 5.91 Å². The normalized spacial score (nSPS) is 11.1. The number of aromatic hydroxyl groups is 1. The number of anilines is 1. The van der Waals surface area contributed by atoms with Crippen molar-refractivity contribution in [3.63, 3.8) is 0 Å². The number of nitrogens with zero attached hydrogens (tertiary/aromatic N) is 1. The molecule has 0 atom stereocenters. The van der Waals surface area contributed by atoms with Gasteiger partial charge in [0.1, 0.15) is 28.9 Å². The molecule has 1 aromatic heterocycles. The van der Waals surface area contributed by atoms with E-state index in [4.69, 9.17) is 27.6 Å². The summed E-state index contributed by atoms with van der Waals surface area (Å²) in [5.41, 5.74) is 0.663. The molecule has 27 heavy (non-hydrogen) atoms. The van der Waals surface area contributed by atoms with E-state index < -0.39 is 5.91 Å². The molecule has 3 aromatic rings. The number of amides is 1. The summed E-state index contributed by atoms with van der Waals surface area (Å²) >= 11 is 12.0. The highest BCUT2D eigenvalue weighted by atomic mass is 35.5. The summed E-state index contributed by atoms with van der Waals surface area (Å²) in [5.74, 6) is 0.0172. The van der Waals surface area contributed by atoms with Gasteiger partial charge < -0.3 is 14.8 Å². The number of halogens is 2. The number of carbonyl (C=O) groups excluding carboxylic acids is 1. The third-order valence-corrected chi connectivity index (χ3v) is 4.18. The Morgan fingerprint density at radius 1 is 1.15 bits per heavy atom. The van der Waals surface area contributed by atoms with Crippen molar-refractivity contribution >= 4 is 40.9 Å². The summed E-state index contributed by atoms with van der Waals surface area (Å²) in [6, 6.07) is 16.3. The summed E-state index contributed by atoms with van der Waals surface area (Å²) in [7, 11) is 0. The number of para-hydroxylation sites is 2. The Hall–Kier alpha value is -3.20. The van der Waals surface area contributed by atoms with Gasteiger partial charge in [-0.05, 0) is 42.5 Å². The number of rotatable bonds is 4. The van der Waals surface area contributed by atoms with Crippen molar-refractivity contribution in [3.05, 3.63) is 76.0 Å². The van der Waals surface area contributed by atoms with E-state index >= 15 is 0 Å². The van der Waals surface area contributed by atoms with E-state index in [1.165, 1.54) is 18.2 Å². The first-order valence-electron chi connectivity index (χ1n) is 7.74. The molecule has 0 aliphatic carbocycles. The average Bonchev–Trinajstić information content (AvgIpc) is 3.09. The molecule has 0 spiro atoms. The van der Waals surface area contributed by atoms with Gasteiger partial charge in [-0.1, -0.05) is 35.3 Å². The molecule has 2 aromatic carbocycles. The molecule has 1 amide bonds. The topological polar surface area (TPSA) is 86.3 Å². The van der Waals surface area contributed by atoms with Crippen LogP contribution in [-0.4, -0.2) is 11.0 Å². The van der Waals surface area contributed by atoms with Gasteiger partial charge in [-0.25, -0.2) is 0 Å². The highest BCUT2D eigenvalue weighted by Gasteiger charge is 2.14. The van der Waals surface area contributed by atoms with Crippen molar-refractivity contribution in [3.8, 4) is 23.1 Å². The number of benzene rings is 2. The van der Waals surface area contributed by atoms with Crippen LogP contribution >= 0.6 is 23.2 Å². The van der Waals surface area contributed by atoms with Gasteiger partial charge in [-0.2, -0.15) is 5.26 Å². The lowest BCUT2D eigenvalue weighted by Gasteiger charge is -2.05. The molecule has 0 bridgehead atoms. The van der Waals surface area contributed by atoms with Crippen molar-refractivity contribution in [1.82, 2.24) is 0 Å². The highest BCUT2D eigenvalue weighted by molar-refractivity contribution is 6.36. The predicted molar refractivity (Wildman–Crippen MR) is 104 cm³/mol. The lowest BCUT2D eigenvalue weighted by atomic mass is 10.2. The lowest BCUT2D eigenvalue weighted by molar-refractivity contribution is -0.112. The van der Waals surface area contributed by atoms with Crippen LogP contribution in [0.2, 0.25) is 10.0 Å². The molecule has 0 aliphatic rings. The fourth-order valence-electron chi connectivity index (χ4n) is 2.32. The molecular formula is C20H12Cl2N2O3. The molecule has 0 saturated carbocycles. The Balaban J connectivity index is 1.84. The van der Waals surface area contributed by atoms with Crippen molar-refractivity contribution in [1.29, 1.82) is 5.26 Å². The first kappa shape index (κ1) is 18.6. The molecule has 0 aliphatic heterocycles. The van der Waals surface area contributed by atoms with Crippen molar-refractivity contribution < 1.29 is 14.3 Å². The van der Waals surface area contributed by atoms with Crippen LogP contribution in [0.25, 0.3) is 17.4 Å². The molecule has 3 rings (SSSR count). The largest absolute Gasteiger partial charge is 0.506 e. The predicted octanol–water partition coefficient (Wildman–Crippen LogP) is 5.50. The molecular weight excluding hydrogens is 387 g/mol. The van der Waals surface area contributed by atoms with Crippen molar-refractivity contribution in [2.75, 3.05) is 5.32 Å². The minimum absolute atomic E-state index is 0.0965. The minimum Gasteiger partial charge on any atom is -0.506 e. The average molecular weight is 399 g/mol. The van der Waals surface area contributed by atoms with Crippen LogP contribution in [0.5, 0.6) is 5.75 Å². The molecule has 0 fully saturated rings. The maximum absolute atomic E-state index is 12.3. The van der Waals surface area contributed by atoms with Crippen LogP contribution in [0, 0.1) is 11.3 Å². The Kier molecular flexibility index (Phi) is 5.51. The minimum atomic E-state index is -0.665. The number of nitrogens with one attached hydrogen (secondary N) is 1. The Morgan fingerprint density at radius 2 is 1.93 bits per heavy atom. The van der Waals surface area contributed by atoms with Crippen LogP contribution < -0.4 is 5.32 Å². The number of carbonyl (C=O) groups is 1. The van der Waals surface area contributed by atoms with E-state index in [1.807, 2.05) is 6.07 Å². The van der Waals surface area contributed by atoms with Crippen LogP contribution in [0.4, 0.5) is 5.69 Å². The van der Waals surface area contributed by atoms with Crippen molar-refractivity contribution in [2.45, 2.75) is 0 Å². The lowest BCUT2D eigenvalue weighted by Crippen LogP contribution is -2.13. The highest BCUT2D eigenvalue weighted by Crippen LogP contribution is 2.32. The molecule has 0 radical (unpaired) electrons. The zero-order chi connectivity index (χ0) is 19.4. The first-order chi connectivity index (χ1) is 13.0. The van der Waals surface area contributed by atoms with E-state index in [-0.39, 0.29) is 17.0 Å². The number of hydrogen-bond acceptors (Lipinski definition) is 4. The molecule has 7 heteroatoms. The third kappa shape index (κ3) is 4.32. The van der Waals surface area contributed by atoms with E-state index in [0.29, 0.717) is 27.1 Å². The third-order valence-electron chi connectivity index (χ3n) is 3.63. The molecule has 5 nitrogen and oxygen atoms in total. The molecule has 1 heterocycles. The SMILES string of the molecule is N#C/C(=C\c1ccc(-c2ccc(Cl)cc2Cl)o1)C(=O)Nc1ccccc1O. The molecule has 0 unspecified atom stereocenters. The summed E-state index contributed by atoms with van der Waals surface area (Å²) < 4.78 is 5.66. The summed E-state index contributed by atoms with van der Waals surface area (Å²) in [6.07, 6.45) is 1.31.